The first-order valence-corrected chi connectivity index (χ1v) is 9.66. The van der Waals surface area contributed by atoms with Crippen LogP contribution in [0.5, 0.6) is 5.75 Å². The maximum atomic E-state index is 11.8. The fraction of sp³-hybridized carbons (Fsp3) is 0.600. The molecule has 160 valence electrons. The van der Waals surface area contributed by atoms with E-state index in [2.05, 4.69) is 15.3 Å². The van der Waals surface area contributed by atoms with E-state index in [1.807, 2.05) is 24.3 Å². The Hall–Kier alpha value is -2.93. The molecule has 1 atom stereocenters. The molecular weight excluding hydrogens is 376 g/mol. The minimum atomic E-state index is -1.08. The number of alkyl carbamates (subject to hydrolysis) is 1. The van der Waals surface area contributed by atoms with Crippen molar-refractivity contribution in [1.82, 2.24) is 5.32 Å². The van der Waals surface area contributed by atoms with E-state index in [9.17, 15) is 14.7 Å². The van der Waals surface area contributed by atoms with Crippen LogP contribution in [0.1, 0.15) is 52.0 Å². The van der Waals surface area contributed by atoms with Crippen molar-refractivity contribution in [2.24, 2.45) is 5.11 Å². The molecule has 0 aliphatic heterocycles. The van der Waals surface area contributed by atoms with Crippen molar-refractivity contribution in [2.45, 2.75) is 64.5 Å². The molecule has 0 heterocycles. The van der Waals surface area contributed by atoms with Gasteiger partial charge in [0.2, 0.25) is 0 Å². The number of hydrogen-bond donors (Lipinski definition) is 2. The van der Waals surface area contributed by atoms with E-state index >= 15 is 0 Å². The Kier molecular flexibility index (Phi) is 10.4. The fourth-order valence-electron chi connectivity index (χ4n) is 2.49. The molecule has 0 fully saturated rings. The van der Waals surface area contributed by atoms with Crippen LogP contribution in [0.25, 0.3) is 10.4 Å². The molecule has 0 spiro atoms. The topological polar surface area (TPSA) is 134 Å². The van der Waals surface area contributed by atoms with Crippen LogP contribution in [0.4, 0.5) is 4.79 Å². The Morgan fingerprint density at radius 1 is 1.21 bits per heavy atom. The average Bonchev–Trinajstić information content (AvgIpc) is 2.63. The third-order valence-corrected chi connectivity index (χ3v) is 3.86. The summed E-state index contributed by atoms with van der Waals surface area (Å²) in [7, 11) is 0. The van der Waals surface area contributed by atoms with E-state index in [-0.39, 0.29) is 0 Å². The summed E-state index contributed by atoms with van der Waals surface area (Å²) in [4.78, 5) is 25.8. The van der Waals surface area contributed by atoms with Gasteiger partial charge < -0.3 is 19.9 Å². The number of aryl methyl sites for hydroxylation is 1. The average molecular weight is 406 g/mol. The standard InChI is InChI=1S/C20H30N4O5/c1-20(2,3)29-19(27)23-17(18(25)26)8-6-7-15-9-11-16(12-10-15)28-14-5-4-13-22-24-21/h9-12,17H,4-8,13-14H2,1-3H3,(H,23,27)(H,25,26). The number of nitrogens with one attached hydrogen (secondary N) is 1. The molecule has 1 unspecified atom stereocenters. The van der Waals surface area contributed by atoms with Gasteiger partial charge in [-0.15, -0.1) is 0 Å². The van der Waals surface area contributed by atoms with Crippen LogP contribution in [0.2, 0.25) is 0 Å². The zero-order valence-electron chi connectivity index (χ0n) is 17.3. The van der Waals surface area contributed by atoms with E-state index in [0.29, 0.717) is 32.4 Å². The summed E-state index contributed by atoms with van der Waals surface area (Å²) in [5.74, 6) is -0.326. The molecule has 0 saturated heterocycles. The molecule has 0 bridgehead atoms. The highest BCUT2D eigenvalue weighted by atomic mass is 16.6. The molecule has 0 saturated carbocycles. The van der Waals surface area contributed by atoms with Gasteiger partial charge in [0.15, 0.2) is 0 Å². The summed E-state index contributed by atoms with van der Waals surface area (Å²) in [5.41, 5.74) is 8.58. The van der Waals surface area contributed by atoms with Gasteiger partial charge in [0.05, 0.1) is 6.61 Å². The molecule has 1 rings (SSSR count). The van der Waals surface area contributed by atoms with Crippen LogP contribution in [0, 0.1) is 0 Å². The zero-order valence-corrected chi connectivity index (χ0v) is 17.3. The number of aliphatic carboxylic acids is 1. The van der Waals surface area contributed by atoms with Crippen molar-refractivity contribution in [1.29, 1.82) is 0 Å². The second-order valence-corrected chi connectivity index (χ2v) is 7.58. The van der Waals surface area contributed by atoms with E-state index in [0.717, 1.165) is 24.2 Å². The molecule has 0 aliphatic carbocycles. The molecule has 9 nitrogen and oxygen atoms in total. The summed E-state index contributed by atoms with van der Waals surface area (Å²) in [6, 6.07) is 6.63. The largest absolute Gasteiger partial charge is 0.494 e. The van der Waals surface area contributed by atoms with Gasteiger partial charge in [0.25, 0.3) is 0 Å². The minimum absolute atomic E-state index is 0.304. The number of benzene rings is 1. The minimum Gasteiger partial charge on any atom is -0.494 e. The summed E-state index contributed by atoms with van der Waals surface area (Å²) < 4.78 is 10.7. The van der Waals surface area contributed by atoms with Gasteiger partial charge in [-0.2, -0.15) is 0 Å². The van der Waals surface area contributed by atoms with E-state index in [4.69, 9.17) is 15.0 Å². The third kappa shape index (κ3) is 11.5. The van der Waals surface area contributed by atoms with Crippen LogP contribution in [-0.4, -0.2) is 42.0 Å². The first-order chi connectivity index (χ1) is 13.7. The van der Waals surface area contributed by atoms with Gasteiger partial charge in [-0.3, -0.25) is 0 Å². The lowest BCUT2D eigenvalue weighted by Gasteiger charge is -2.22. The zero-order chi connectivity index (χ0) is 21.7. The lowest BCUT2D eigenvalue weighted by molar-refractivity contribution is -0.139. The predicted octanol–water partition coefficient (Wildman–Crippen LogP) is 4.46. The molecule has 9 heteroatoms. The molecule has 0 radical (unpaired) electrons. The van der Waals surface area contributed by atoms with Crippen molar-refractivity contribution < 1.29 is 24.2 Å². The number of nitrogens with zero attached hydrogens (tertiary/aromatic N) is 3. The Bertz CT molecular complexity index is 694. The molecule has 29 heavy (non-hydrogen) atoms. The number of amides is 1. The van der Waals surface area contributed by atoms with Crippen molar-refractivity contribution in [3.63, 3.8) is 0 Å². The molecule has 0 aliphatic rings. The predicted molar refractivity (Wildman–Crippen MR) is 109 cm³/mol. The number of carboxylic acids is 1. The SMILES string of the molecule is CC(C)(C)OC(=O)NC(CCCc1ccc(OCCCCN=[N+]=[N-])cc1)C(=O)O. The molecule has 1 amide bonds. The maximum absolute atomic E-state index is 11.8. The van der Waals surface area contributed by atoms with Gasteiger partial charge in [-0.25, -0.2) is 9.59 Å². The second kappa shape index (κ2) is 12.5. The lowest BCUT2D eigenvalue weighted by atomic mass is 10.0. The quantitative estimate of drug-likeness (QED) is 0.229. The van der Waals surface area contributed by atoms with Gasteiger partial charge in [0.1, 0.15) is 17.4 Å². The maximum Gasteiger partial charge on any atom is 0.408 e. The van der Waals surface area contributed by atoms with Crippen molar-refractivity contribution >= 4 is 12.1 Å². The summed E-state index contributed by atoms with van der Waals surface area (Å²) >= 11 is 0. The number of carboxylic acid groups (broad SMARTS) is 1. The van der Waals surface area contributed by atoms with Crippen LogP contribution < -0.4 is 10.1 Å². The van der Waals surface area contributed by atoms with Crippen LogP contribution in [0.3, 0.4) is 0 Å². The highest BCUT2D eigenvalue weighted by Crippen LogP contribution is 2.15. The van der Waals surface area contributed by atoms with Crippen molar-refractivity contribution in [2.75, 3.05) is 13.2 Å². The number of azide groups is 1. The molecular formula is C20H30N4O5. The summed E-state index contributed by atoms with van der Waals surface area (Å²) in [6.45, 7) is 6.19. The summed E-state index contributed by atoms with van der Waals surface area (Å²) in [5, 5.41) is 15.2. The van der Waals surface area contributed by atoms with Crippen molar-refractivity contribution in [3.05, 3.63) is 40.3 Å². The van der Waals surface area contributed by atoms with Crippen LogP contribution in [0.15, 0.2) is 29.4 Å². The van der Waals surface area contributed by atoms with Gasteiger partial charge in [-0.1, -0.05) is 17.2 Å². The first-order valence-electron chi connectivity index (χ1n) is 9.66. The fourth-order valence-corrected chi connectivity index (χ4v) is 2.49. The highest BCUT2D eigenvalue weighted by molar-refractivity contribution is 5.79. The number of rotatable bonds is 12. The first kappa shape index (κ1) is 24.1. The Morgan fingerprint density at radius 2 is 1.90 bits per heavy atom. The Morgan fingerprint density at radius 3 is 2.48 bits per heavy atom. The van der Waals surface area contributed by atoms with Gasteiger partial charge in [0, 0.05) is 11.5 Å². The normalized spacial score (nSPS) is 11.8. The van der Waals surface area contributed by atoms with Gasteiger partial charge in [-0.05, 0) is 76.1 Å². The molecule has 2 N–H and O–H groups in total. The third-order valence-electron chi connectivity index (χ3n) is 3.86. The number of unbranched alkanes of at least 4 members (excludes halogenated alkanes) is 1. The Balaban J connectivity index is 2.36. The van der Waals surface area contributed by atoms with E-state index < -0.39 is 23.7 Å². The van der Waals surface area contributed by atoms with Gasteiger partial charge >= 0.3 is 12.1 Å². The summed E-state index contributed by atoms with van der Waals surface area (Å²) in [6.07, 6.45) is 2.45. The Labute approximate surface area is 171 Å². The molecule has 1 aromatic carbocycles. The molecule has 0 aromatic heterocycles. The second-order valence-electron chi connectivity index (χ2n) is 7.58. The smallest absolute Gasteiger partial charge is 0.408 e. The van der Waals surface area contributed by atoms with Crippen molar-refractivity contribution in [3.8, 4) is 5.75 Å². The number of hydrogen-bond acceptors (Lipinski definition) is 5. The number of carbonyl (C=O) groups is 2. The molecule has 1 aromatic rings. The number of carbonyl (C=O) groups excluding carboxylic acids is 1. The van der Waals surface area contributed by atoms with E-state index in [1.165, 1.54) is 0 Å². The monoisotopic (exact) mass is 406 g/mol. The number of ether oxygens (including phenoxy) is 2. The highest BCUT2D eigenvalue weighted by Gasteiger charge is 2.23. The van der Waals surface area contributed by atoms with Crippen LogP contribution in [-0.2, 0) is 16.0 Å². The van der Waals surface area contributed by atoms with E-state index in [1.54, 1.807) is 20.8 Å². The lowest BCUT2D eigenvalue weighted by Crippen LogP contribution is -2.43. The van der Waals surface area contributed by atoms with Crippen LogP contribution >= 0.6 is 0 Å².